The molecule has 1 aromatic heterocycles. The molecule has 5 heteroatoms. The van der Waals surface area contributed by atoms with Crippen molar-refractivity contribution < 1.29 is 4.74 Å². The first kappa shape index (κ1) is 15.4. The van der Waals surface area contributed by atoms with E-state index in [9.17, 15) is 0 Å². The highest BCUT2D eigenvalue weighted by molar-refractivity contribution is 5.49. The fourth-order valence-electron chi connectivity index (χ4n) is 2.15. The second kappa shape index (κ2) is 7.13. The monoisotopic (exact) mass is 288 g/mol. The highest BCUT2D eigenvalue weighted by Crippen LogP contribution is 2.22. The van der Waals surface area contributed by atoms with Gasteiger partial charge in [0.2, 0.25) is 0 Å². The van der Waals surface area contributed by atoms with Gasteiger partial charge in [-0.2, -0.15) is 5.10 Å². The van der Waals surface area contributed by atoms with Crippen LogP contribution in [0.2, 0.25) is 0 Å². The lowest BCUT2D eigenvalue weighted by atomic mass is 10.2. The lowest BCUT2D eigenvalue weighted by molar-refractivity contribution is 0.261. The van der Waals surface area contributed by atoms with Crippen LogP contribution in [-0.4, -0.2) is 41.9 Å². The average molecular weight is 288 g/mol. The summed E-state index contributed by atoms with van der Waals surface area (Å²) in [5.41, 5.74) is 2.19. The van der Waals surface area contributed by atoms with Gasteiger partial charge < -0.3 is 15.0 Å². The number of aromatic nitrogens is 2. The van der Waals surface area contributed by atoms with Gasteiger partial charge in [0.15, 0.2) is 0 Å². The molecule has 0 amide bonds. The molecule has 21 heavy (non-hydrogen) atoms. The van der Waals surface area contributed by atoms with Crippen LogP contribution in [0.25, 0.3) is 0 Å². The number of likely N-dealkylation sites (N-methyl/N-ethyl adjacent to an activating group) is 1. The molecule has 0 bridgehead atoms. The van der Waals surface area contributed by atoms with E-state index in [-0.39, 0.29) is 6.04 Å². The van der Waals surface area contributed by atoms with Crippen LogP contribution in [0.5, 0.6) is 5.75 Å². The van der Waals surface area contributed by atoms with Crippen molar-refractivity contribution >= 4 is 5.69 Å². The Labute approximate surface area is 126 Å². The molecule has 0 saturated carbocycles. The van der Waals surface area contributed by atoms with Crippen LogP contribution in [0.1, 0.15) is 18.7 Å². The summed E-state index contributed by atoms with van der Waals surface area (Å²) < 4.78 is 7.64. The lowest BCUT2D eigenvalue weighted by Gasteiger charge is -2.17. The van der Waals surface area contributed by atoms with Crippen molar-refractivity contribution in [3.05, 3.63) is 42.2 Å². The molecule has 5 nitrogen and oxygen atoms in total. The third-order valence-electron chi connectivity index (χ3n) is 3.33. The SMILES string of the molecule is CC(Nc1cccc(OCCN(C)C)c1)c1ccnn1C. The number of anilines is 1. The molecular weight excluding hydrogens is 264 g/mol. The maximum atomic E-state index is 5.75. The molecule has 1 aromatic carbocycles. The van der Waals surface area contributed by atoms with Gasteiger partial charge in [0.05, 0.1) is 11.7 Å². The third-order valence-corrected chi connectivity index (χ3v) is 3.33. The summed E-state index contributed by atoms with van der Waals surface area (Å²) in [6.07, 6.45) is 1.81. The largest absolute Gasteiger partial charge is 0.492 e. The smallest absolute Gasteiger partial charge is 0.121 e. The zero-order valence-corrected chi connectivity index (χ0v) is 13.2. The average Bonchev–Trinajstić information content (AvgIpc) is 2.85. The summed E-state index contributed by atoms with van der Waals surface area (Å²) in [4.78, 5) is 2.10. The van der Waals surface area contributed by atoms with E-state index in [1.54, 1.807) is 0 Å². The van der Waals surface area contributed by atoms with Crippen molar-refractivity contribution in [2.75, 3.05) is 32.6 Å². The molecule has 1 N–H and O–H groups in total. The van der Waals surface area contributed by atoms with Gasteiger partial charge in [-0.25, -0.2) is 0 Å². The number of ether oxygens (including phenoxy) is 1. The molecule has 2 aromatic rings. The fourth-order valence-corrected chi connectivity index (χ4v) is 2.15. The molecule has 0 spiro atoms. The van der Waals surface area contributed by atoms with Crippen molar-refractivity contribution in [2.45, 2.75) is 13.0 Å². The Morgan fingerprint density at radius 1 is 1.33 bits per heavy atom. The lowest BCUT2D eigenvalue weighted by Crippen LogP contribution is -2.19. The molecule has 1 atom stereocenters. The van der Waals surface area contributed by atoms with Gasteiger partial charge in [-0.05, 0) is 39.2 Å². The predicted octanol–water partition coefficient (Wildman–Crippen LogP) is 2.53. The summed E-state index contributed by atoms with van der Waals surface area (Å²) in [7, 11) is 6.03. The first-order valence-electron chi connectivity index (χ1n) is 7.18. The minimum Gasteiger partial charge on any atom is -0.492 e. The van der Waals surface area contributed by atoms with Crippen LogP contribution in [0.3, 0.4) is 0 Å². The van der Waals surface area contributed by atoms with Crippen molar-refractivity contribution in [3.8, 4) is 5.75 Å². The van der Waals surface area contributed by atoms with Crippen molar-refractivity contribution in [1.29, 1.82) is 0 Å². The normalized spacial score (nSPS) is 12.4. The maximum absolute atomic E-state index is 5.75. The Morgan fingerprint density at radius 2 is 2.14 bits per heavy atom. The minimum absolute atomic E-state index is 0.189. The maximum Gasteiger partial charge on any atom is 0.121 e. The van der Waals surface area contributed by atoms with Gasteiger partial charge in [0.25, 0.3) is 0 Å². The van der Waals surface area contributed by atoms with E-state index in [1.165, 1.54) is 0 Å². The van der Waals surface area contributed by atoms with E-state index in [0.29, 0.717) is 6.61 Å². The number of hydrogen-bond acceptors (Lipinski definition) is 4. The number of rotatable bonds is 7. The Hall–Kier alpha value is -2.01. The van der Waals surface area contributed by atoms with Crippen molar-refractivity contribution in [2.24, 2.45) is 7.05 Å². The Kier molecular flexibility index (Phi) is 5.22. The van der Waals surface area contributed by atoms with E-state index in [0.717, 1.165) is 23.7 Å². The van der Waals surface area contributed by atoms with Crippen LogP contribution in [-0.2, 0) is 7.05 Å². The highest BCUT2D eigenvalue weighted by Gasteiger charge is 2.09. The Balaban J connectivity index is 1.96. The molecule has 1 heterocycles. The van der Waals surface area contributed by atoms with Crippen LogP contribution in [0, 0.1) is 0 Å². The molecule has 0 saturated heterocycles. The molecule has 0 aliphatic rings. The minimum atomic E-state index is 0.189. The summed E-state index contributed by atoms with van der Waals surface area (Å²) in [6.45, 7) is 3.72. The number of nitrogens with one attached hydrogen (secondary N) is 1. The fraction of sp³-hybridized carbons (Fsp3) is 0.438. The molecule has 0 fully saturated rings. The van der Waals surface area contributed by atoms with E-state index in [1.807, 2.05) is 62.4 Å². The van der Waals surface area contributed by atoms with Gasteiger partial charge in [-0.15, -0.1) is 0 Å². The quantitative estimate of drug-likeness (QED) is 0.850. The van der Waals surface area contributed by atoms with E-state index in [4.69, 9.17) is 4.74 Å². The van der Waals surface area contributed by atoms with Gasteiger partial charge >= 0.3 is 0 Å². The summed E-state index contributed by atoms with van der Waals surface area (Å²) in [5.74, 6) is 0.888. The van der Waals surface area contributed by atoms with Crippen LogP contribution in [0.15, 0.2) is 36.5 Å². The zero-order valence-electron chi connectivity index (χ0n) is 13.2. The summed E-state index contributed by atoms with van der Waals surface area (Å²) in [5, 5.41) is 7.67. The second-order valence-electron chi connectivity index (χ2n) is 5.43. The van der Waals surface area contributed by atoms with Crippen LogP contribution in [0.4, 0.5) is 5.69 Å². The predicted molar refractivity (Wildman–Crippen MR) is 85.7 cm³/mol. The molecule has 1 unspecified atom stereocenters. The number of nitrogens with zero attached hydrogens (tertiary/aromatic N) is 3. The van der Waals surface area contributed by atoms with Gasteiger partial charge in [0.1, 0.15) is 12.4 Å². The van der Waals surface area contributed by atoms with E-state index in [2.05, 4.69) is 22.2 Å². The zero-order chi connectivity index (χ0) is 15.2. The highest BCUT2D eigenvalue weighted by atomic mass is 16.5. The number of aryl methyl sites for hydroxylation is 1. The summed E-state index contributed by atoms with van der Waals surface area (Å²) >= 11 is 0. The first-order valence-corrected chi connectivity index (χ1v) is 7.18. The summed E-state index contributed by atoms with van der Waals surface area (Å²) in [6, 6.07) is 10.3. The third kappa shape index (κ3) is 4.49. The number of hydrogen-bond donors (Lipinski definition) is 1. The molecule has 0 aliphatic heterocycles. The second-order valence-corrected chi connectivity index (χ2v) is 5.43. The first-order chi connectivity index (χ1) is 10.1. The number of benzene rings is 1. The van der Waals surface area contributed by atoms with Gasteiger partial charge in [0, 0.05) is 31.5 Å². The Bertz CT molecular complexity index is 565. The molecule has 0 aliphatic carbocycles. The van der Waals surface area contributed by atoms with Gasteiger partial charge in [-0.3, -0.25) is 4.68 Å². The van der Waals surface area contributed by atoms with E-state index >= 15 is 0 Å². The van der Waals surface area contributed by atoms with Gasteiger partial charge in [-0.1, -0.05) is 6.07 Å². The van der Waals surface area contributed by atoms with Crippen LogP contribution < -0.4 is 10.1 Å². The molecule has 0 radical (unpaired) electrons. The van der Waals surface area contributed by atoms with Crippen molar-refractivity contribution in [3.63, 3.8) is 0 Å². The van der Waals surface area contributed by atoms with Crippen molar-refractivity contribution in [1.82, 2.24) is 14.7 Å². The topological polar surface area (TPSA) is 42.3 Å². The van der Waals surface area contributed by atoms with Crippen LogP contribution >= 0.6 is 0 Å². The Morgan fingerprint density at radius 3 is 2.81 bits per heavy atom. The standard InChI is InChI=1S/C16H24N4O/c1-13(16-8-9-17-20(16)4)18-14-6-5-7-15(12-14)21-11-10-19(2)3/h5-9,12-13,18H,10-11H2,1-4H3. The van der Waals surface area contributed by atoms with E-state index < -0.39 is 0 Å². The molecular formula is C16H24N4O. The molecule has 2 rings (SSSR count). The molecule has 114 valence electrons.